The fourth-order valence-electron chi connectivity index (χ4n) is 3.83. The van der Waals surface area contributed by atoms with Gasteiger partial charge in [0, 0.05) is 50.4 Å². The first-order valence-corrected chi connectivity index (χ1v) is 11.8. The number of carbonyl (C=O) groups is 1. The van der Waals surface area contributed by atoms with Gasteiger partial charge in [0.15, 0.2) is 11.5 Å². The Morgan fingerprint density at radius 2 is 1.92 bits per heavy atom. The third kappa shape index (κ3) is 5.70. The highest BCUT2D eigenvalue weighted by molar-refractivity contribution is 6.02. The predicted molar refractivity (Wildman–Crippen MR) is 146 cm³/mol. The summed E-state index contributed by atoms with van der Waals surface area (Å²) in [6.07, 6.45) is 5.49. The molecule has 0 saturated carbocycles. The molecule has 0 saturated heterocycles. The highest BCUT2D eigenvalue weighted by atomic mass is 19.1. The molecule has 4 aromatic rings. The summed E-state index contributed by atoms with van der Waals surface area (Å²) in [6.45, 7) is 5.06. The molecule has 1 aromatic carbocycles. The minimum Gasteiger partial charge on any atom is -0.494 e. The summed E-state index contributed by atoms with van der Waals surface area (Å²) < 4.78 is 22.0. The maximum absolute atomic E-state index is 14.8. The van der Waals surface area contributed by atoms with E-state index in [1.807, 2.05) is 26.0 Å². The van der Waals surface area contributed by atoms with Gasteiger partial charge in [-0.2, -0.15) is 5.10 Å². The topological polar surface area (TPSA) is 113 Å². The average Bonchev–Trinajstić information content (AvgIpc) is 3.28. The van der Waals surface area contributed by atoms with Crippen LogP contribution in [0.1, 0.15) is 0 Å². The molecule has 4 rings (SSSR count). The molecule has 0 fully saturated rings. The van der Waals surface area contributed by atoms with E-state index in [-0.39, 0.29) is 17.5 Å². The van der Waals surface area contributed by atoms with E-state index >= 15 is 0 Å². The third-order valence-electron chi connectivity index (χ3n) is 5.89. The van der Waals surface area contributed by atoms with Gasteiger partial charge in [-0.1, -0.05) is 6.58 Å². The lowest BCUT2D eigenvalue weighted by atomic mass is 10.1. The molecule has 0 spiro atoms. The molecule has 3 aromatic heterocycles. The van der Waals surface area contributed by atoms with Crippen LogP contribution in [0.3, 0.4) is 0 Å². The maximum atomic E-state index is 14.8. The smallest absolute Gasteiger partial charge is 0.247 e. The highest BCUT2D eigenvalue weighted by Gasteiger charge is 2.18. The minimum atomic E-state index is -0.593. The van der Waals surface area contributed by atoms with E-state index in [1.165, 1.54) is 13.2 Å². The SMILES string of the molecule is C=CC(=O)Nc1cc(Nc2ncc(F)c(-c3cnc4c(cnn4C)c3)n2)c(OC)cc1N(C)CCN(C)C. The highest BCUT2D eigenvalue weighted by Crippen LogP contribution is 2.38. The summed E-state index contributed by atoms with van der Waals surface area (Å²) in [7, 11) is 9.23. The van der Waals surface area contributed by atoms with Gasteiger partial charge in [-0.15, -0.1) is 0 Å². The number of hydrogen-bond acceptors (Lipinski definition) is 9. The van der Waals surface area contributed by atoms with Gasteiger partial charge < -0.3 is 25.2 Å². The van der Waals surface area contributed by atoms with Gasteiger partial charge in [0.25, 0.3) is 0 Å². The fourth-order valence-corrected chi connectivity index (χ4v) is 3.83. The largest absolute Gasteiger partial charge is 0.494 e. The van der Waals surface area contributed by atoms with Crippen molar-refractivity contribution in [2.75, 3.05) is 56.9 Å². The second-order valence-corrected chi connectivity index (χ2v) is 8.91. The van der Waals surface area contributed by atoms with Crippen molar-refractivity contribution >= 4 is 40.0 Å². The maximum Gasteiger partial charge on any atom is 0.247 e. The summed E-state index contributed by atoms with van der Waals surface area (Å²) in [5, 5.41) is 10.9. The Hall–Kier alpha value is -4.58. The zero-order chi connectivity index (χ0) is 27.4. The van der Waals surface area contributed by atoms with Crippen molar-refractivity contribution in [1.82, 2.24) is 29.6 Å². The number of methoxy groups -OCH3 is 1. The van der Waals surface area contributed by atoms with Crippen LogP contribution in [0.25, 0.3) is 22.3 Å². The molecule has 0 aliphatic rings. The molecule has 0 bridgehead atoms. The van der Waals surface area contributed by atoms with Crippen LogP contribution in [-0.4, -0.2) is 76.9 Å². The number of nitrogens with one attached hydrogen (secondary N) is 2. The Bertz CT molecular complexity index is 1490. The zero-order valence-corrected chi connectivity index (χ0v) is 22.0. The Morgan fingerprint density at radius 1 is 1.13 bits per heavy atom. The van der Waals surface area contributed by atoms with Crippen LogP contribution in [0, 0.1) is 5.82 Å². The lowest BCUT2D eigenvalue weighted by Crippen LogP contribution is -2.29. The number of amides is 1. The fraction of sp³-hybridized carbons (Fsp3) is 0.269. The number of pyridine rings is 1. The van der Waals surface area contributed by atoms with E-state index in [9.17, 15) is 9.18 Å². The number of rotatable bonds is 10. The van der Waals surface area contributed by atoms with Gasteiger partial charge in [-0.3, -0.25) is 9.48 Å². The number of nitrogens with zero attached hydrogens (tertiary/aromatic N) is 7. The number of benzene rings is 1. The second kappa shape index (κ2) is 11.2. The van der Waals surface area contributed by atoms with Crippen LogP contribution >= 0.6 is 0 Å². The molecule has 2 N–H and O–H groups in total. The number of anilines is 4. The predicted octanol–water partition coefficient (Wildman–Crippen LogP) is 3.44. The van der Waals surface area contributed by atoms with Crippen molar-refractivity contribution in [3.05, 3.63) is 55.3 Å². The van der Waals surface area contributed by atoms with Crippen LogP contribution in [0.15, 0.2) is 49.4 Å². The van der Waals surface area contributed by atoms with Crippen molar-refractivity contribution < 1.29 is 13.9 Å². The number of likely N-dealkylation sites (N-methyl/N-ethyl adjacent to an activating group) is 2. The summed E-state index contributed by atoms with van der Waals surface area (Å²) in [5.74, 6) is -0.326. The quantitative estimate of drug-likeness (QED) is 0.304. The van der Waals surface area contributed by atoms with Crippen LogP contribution in [0.4, 0.5) is 27.4 Å². The molecule has 0 unspecified atom stereocenters. The Morgan fingerprint density at radius 3 is 2.63 bits per heavy atom. The monoisotopic (exact) mass is 519 g/mol. The molecule has 38 heavy (non-hydrogen) atoms. The van der Waals surface area contributed by atoms with Crippen molar-refractivity contribution in [3.8, 4) is 17.0 Å². The van der Waals surface area contributed by atoms with Gasteiger partial charge in [0.2, 0.25) is 11.9 Å². The molecule has 1 amide bonds. The lowest BCUT2D eigenvalue weighted by molar-refractivity contribution is -0.111. The average molecular weight is 520 g/mol. The molecular formula is C26H30FN9O2. The molecule has 3 heterocycles. The van der Waals surface area contributed by atoms with Crippen molar-refractivity contribution in [2.24, 2.45) is 7.05 Å². The molecule has 0 radical (unpaired) electrons. The van der Waals surface area contributed by atoms with Gasteiger partial charge in [0.1, 0.15) is 11.4 Å². The second-order valence-electron chi connectivity index (χ2n) is 8.91. The normalized spacial score (nSPS) is 11.0. The number of aromatic nitrogens is 5. The third-order valence-corrected chi connectivity index (χ3v) is 5.89. The van der Waals surface area contributed by atoms with Crippen LogP contribution in [-0.2, 0) is 11.8 Å². The number of carbonyl (C=O) groups excluding carboxylic acids is 1. The lowest BCUT2D eigenvalue weighted by Gasteiger charge is -2.26. The first kappa shape index (κ1) is 26.5. The van der Waals surface area contributed by atoms with Crippen LogP contribution in [0.2, 0.25) is 0 Å². The Balaban J connectivity index is 1.71. The number of halogens is 1. The Labute approximate surface area is 220 Å². The van der Waals surface area contributed by atoms with E-state index in [0.29, 0.717) is 34.9 Å². The van der Waals surface area contributed by atoms with E-state index in [0.717, 1.165) is 23.8 Å². The zero-order valence-electron chi connectivity index (χ0n) is 22.0. The van der Waals surface area contributed by atoms with E-state index < -0.39 is 5.82 Å². The summed E-state index contributed by atoms with van der Waals surface area (Å²) >= 11 is 0. The van der Waals surface area contributed by atoms with Gasteiger partial charge in [-0.05, 0) is 32.3 Å². The Kier molecular flexibility index (Phi) is 7.82. The first-order valence-electron chi connectivity index (χ1n) is 11.8. The number of hydrogen-bond donors (Lipinski definition) is 2. The molecule has 198 valence electrons. The minimum absolute atomic E-state index is 0.0833. The molecule has 0 aliphatic heterocycles. The standard InChI is InChI=1S/C26H30FN9O2/c1-7-23(37)31-19-11-20(22(38-6)12-21(19)35(4)9-8-34(2)3)32-26-29-15-18(27)24(33-26)16-10-17-14-30-36(5)25(17)28-13-16/h7,10-15H,1,8-9H2,2-6H3,(H,31,37)(H,29,32,33). The van der Waals surface area contributed by atoms with E-state index in [4.69, 9.17) is 4.74 Å². The summed E-state index contributed by atoms with van der Waals surface area (Å²) in [4.78, 5) is 29.2. The van der Waals surface area contributed by atoms with Crippen molar-refractivity contribution in [2.45, 2.75) is 0 Å². The number of ether oxygens (including phenoxy) is 1. The summed E-state index contributed by atoms with van der Waals surface area (Å²) in [5.41, 5.74) is 3.01. The number of aryl methyl sites for hydroxylation is 1. The van der Waals surface area contributed by atoms with Gasteiger partial charge in [-0.25, -0.2) is 19.3 Å². The van der Waals surface area contributed by atoms with Crippen LogP contribution in [0.5, 0.6) is 5.75 Å². The van der Waals surface area contributed by atoms with Crippen LogP contribution < -0.4 is 20.3 Å². The van der Waals surface area contributed by atoms with E-state index in [1.54, 1.807) is 42.3 Å². The van der Waals surface area contributed by atoms with E-state index in [2.05, 4.69) is 42.2 Å². The molecule has 0 aliphatic carbocycles. The molecule has 0 atom stereocenters. The van der Waals surface area contributed by atoms with Gasteiger partial charge >= 0.3 is 0 Å². The van der Waals surface area contributed by atoms with Crippen molar-refractivity contribution in [3.63, 3.8) is 0 Å². The summed E-state index contributed by atoms with van der Waals surface area (Å²) in [6, 6.07) is 5.30. The molecular weight excluding hydrogens is 489 g/mol. The van der Waals surface area contributed by atoms with Gasteiger partial charge in [0.05, 0.1) is 36.6 Å². The number of fused-ring (bicyclic) bond motifs is 1. The molecule has 12 heteroatoms. The first-order chi connectivity index (χ1) is 18.2. The van der Waals surface area contributed by atoms with Crippen molar-refractivity contribution in [1.29, 1.82) is 0 Å². The molecule has 11 nitrogen and oxygen atoms in total.